The van der Waals surface area contributed by atoms with Crippen LogP contribution in [0.2, 0.25) is 0 Å². The van der Waals surface area contributed by atoms with E-state index >= 15 is 0 Å². The molecule has 36 heavy (non-hydrogen) atoms. The summed E-state index contributed by atoms with van der Waals surface area (Å²) in [6, 6.07) is 8.84. The Hall–Kier alpha value is -3.17. The van der Waals surface area contributed by atoms with Gasteiger partial charge in [0.05, 0.1) is 29.0 Å². The molecule has 9 heteroatoms. The van der Waals surface area contributed by atoms with E-state index in [-0.39, 0.29) is 18.6 Å². The van der Waals surface area contributed by atoms with Crippen LogP contribution < -0.4 is 11.3 Å². The Labute approximate surface area is 213 Å². The lowest BCUT2D eigenvalue weighted by atomic mass is 9.85. The monoisotopic (exact) mass is 507 g/mol. The first-order valence-corrected chi connectivity index (χ1v) is 13.6. The summed E-state index contributed by atoms with van der Waals surface area (Å²) in [5.74, 6) is -0.693. The van der Waals surface area contributed by atoms with E-state index in [0.717, 1.165) is 34.1 Å². The maximum Gasteiger partial charge on any atom is 0.355 e. The van der Waals surface area contributed by atoms with E-state index < -0.39 is 23.6 Å². The number of hydrogen-bond donors (Lipinski definition) is 1. The predicted molar refractivity (Wildman–Crippen MR) is 139 cm³/mol. The molecule has 0 fully saturated rings. The number of aryl methyl sites for hydroxylation is 1. The van der Waals surface area contributed by atoms with Gasteiger partial charge in [-0.15, -0.1) is 0 Å². The van der Waals surface area contributed by atoms with Gasteiger partial charge in [0.1, 0.15) is 12.6 Å². The first kappa shape index (κ1) is 24.5. The summed E-state index contributed by atoms with van der Waals surface area (Å²) in [5.41, 5.74) is 9.07. The molecule has 0 bridgehead atoms. The van der Waals surface area contributed by atoms with Crippen LogP contribution in [0.1, 0.15) is 48.9 Å². The SMILES string of the molecule is CCc1c2c(nc3ccccc13)-c1cc3c(c(=O)n1C2)COC(=O)C3(CC)OC(=O)[C@@H](N)CCSC. The van der Waals surface area contributed by atoms with Crippen molar-refractivity contribution in [3.05, 3.63) is 62.9 Å². The second kappa shape index (κ2) is 9.37. The van der Waals surface area contributed by atoms with Gasteiger partial charge in [0.2, 0.25) is 5.60 Å². The quantitative estimate of drug-likeness (QED) is 0.379. The van der Waals surface area contributed by atoms with E-state index in [0.29, 0.717) is 35.5 Å². The van der Waals surface area contributed by atoms with Crippen molar-refractivity contribution in [2.45, 2.75) is 57.9 Å². The number of ether oxygens (including phenoxy) is 2. The highest BCUT2D eigenvalue weighted by molar-refractivity contribution is 7.98. The molecule has 2 aromatic heterocycles. The van der Waals surface area contributed by atoms with Gasteiger partial charge in [-0.25, -0.2) is 9.78 Å². The Balaban J connectivity index is 1.68. The molecule has 1 unspecified atom stereocenters. The van der Waals surface area contributed by atoms with Crippen LogP contribution in [0, 0.1) is 0 Å². The molecule has 3 aromatic rings. The van der Waals surface area contributed by atoms with Gasteiger partial charge >= 0.3 is 11.9 Å². The molecule has 4 heterocycles. The summed E-state index contributed by atoms with van der Waals surface area (Å²) in [6.45, 7) is 4.05. The Morgan fingerprint density at radius 1 is 1.28 bits per heavy atom. The minimum atomic E-state index is -1.73. The average molecular weight is 508 g/mol. The van der Waals surface area contributed by atoms with Crippen molar-refractivity contribution in [2.75, 3.05) is 12.0 Å². The number of nitrogens with zero attached hydrogens (tertiary/aromatic N) is 2. The maximum atomic E-state index is 13.7. The molecule has 1 aromatic carbocycles. The Morgan fingerprint density at radius 3 is 2.78 bits per heavy atom. The number of thioether (sulfide) groups is 1. The number of aromatic nitrogens is 2. The number of benzene rings is 1. The van der Waals surface area contributed by atoms with Crippen LogP contribution >= 0.6 is 11.8 Å². The van der Waals surface area contributed by atoms with E-state index in [4.69, 9.17) is 20.2 Å². The van der Waals surface area contributed by atoms with Crippen LogP contribution in [0.3, 0.4) is 0 Å². The molecule has 2 N–H and O–H groups in total. The fourth-order valence-corrected chi connectivity index (χ4v) is 5.77. The van der Waals surface area contributed by atoms with Crippen molar-refractivity contribution in [3.63, 3.8) is 0 Å². The number of carbonyl (C=O) groups is 2. The molecule has 188 valence electrons. The zero-order valence-corrected chi connectivity index (χ0v) is 21.4. The Kier molecular flexibility index (Phi) is 6.38. The largest absolute Gasteiger partial charge is 0.457 e. The third kappa shape index (κ3) is 3.64. The highest BCUT2D eigenvalue weighted by atomic mass is 32.2. The highest BCUT2D eigenvalue weighted by Gasteiger charge is 2.51. The number of hydrogen-bond acceptors (Lipinski definition) is 8. The van der Waals surface area contributed by atoms with Crippen molar-refractivity contribution in [1.29, 1.82) is 0 Å². The van der Waals surface area contributed by atoms with Crippen LogP contribution in [0.25, 0.3) is 22.3 Å². The second-order valence-electron chi connectivity index (χ2n) is 9.17. The van der Waals surface area contributed by atoms with Crippen molar-refractivity contribution in [3.8, 4) is 11.4 Å². The van der Waals surface area contributed by atoms with E-state index in [1.165, 1.54) is 0 Å². The molecule has 5 rings (SSSR count). The number of rotatable bonds is 7. The number of pyridine rings is 2. The Bertz CT molecular complexity index is 1450. The van der Waals surface area contributed by atoms with E-state index in [1.54, 1.807) is 29.3 Å². The summed E-state index contributed by atoms with van der Waals surface area (Å²) in [7, 11) is 0. The normalized spacial score (nSPS) is 18.8. The zero-order chi connectivity index (χ0) is 25.6. The van der Waals surface area contributed by atoms with Crippen LogP contribution in [0.15, 0.2) is 35.1 Å². The van der Waals surface area contributed by atoms with Crippen LogP contribution in [-0.4, -0.2) is 39.5 Å². The summed E-state index contributed by atoms with van der Waals surface area (Å²) in [4.78, 5) is 44.7. The summed E-state index contributed by atoms with van der Waals surface area (Å²) in [6.07, 6.45) is 3.24. The van der Waals surface area contributed by atoms with E-state index in [2.05, 4.69) is 6.92 Å². The first-order valence-electron chi connectivity index (χ1n) is 12.2. The van der Waals surface area contributed by atoms with Crippen molar-refractivity contribution in [2.24, 2.45) is 5.73 Å². The van der Waals surface area contributed by atoms with E-state index in [9.17, 15) is 14.4 Å². The minimum absolute atomic E-state index is 0.112. The minimum Gasteiger partial charge on any atom is -0.457 e. The molecule has 2 atom stereocenters. The number of para-hydroxylation sites is 1. The van der Waals surface area contributed by atoms with Crippen LogP contribution in [0.4, 0.5) is 0 Å². The highest BCUT2D eigenvalue weighted by Crippen LogP contribution is 2.42. The van der Waals surface area contributed by atoms with Crippen molar-refractivity contribution < 1.29 is 19.1 Å². The number of cyclic esters (lactones) is 1. The molecule has 2 aliphatic rings. The van der Waals surface area contributed by atoms with E-state index in [1.807, 2.05) is 30.5 Å². The van der Waals surface area contributed by atoms with Crippen molar-refractivity contribution in [1.82, 2.24) is 9.55 Å². The third-order valence-corrected chi connectivity index (χ3v) is 7.89. The molecule has 0 aliphatic carbocycles. The van der Waals surface area contributed by atoms with Crippen molar-refractivity contribution >= 4 is 34.6 Å². The number of nitrogens with two attached hydrogens (primary N) is 1. The van der Waals surface area contributed by atoms with Gasteiger partial charge in [0, 0.05) is 16.5 Å². The average Bonchev–Trinajstić information content (AvgIpc) is 3.26. The fraction of sp³-hybridized carbons (Fsp3) is 0.407. The number of carbonyl (C=O) groups excluding carboxylic acids is 2. The topological polar surface area (TPSA) is 114 Å². The molecule has 0 amide bonds. The lowest BCUT2D eigenvalue weighted by Gasteiger charge is -2.36. The van der Waals surface area contributed by atoms with Gasteiger partial charge < -0.3 is 19.8 Å². The third-order valence-electron chi connectivity index (χ3n) is 7.25. The van der Waals surface area contributed by atoms with Crippen LogP contribution in [0.5, 0.6) is 0 Å². The molecular formula is C27H29N3O5S. The molecule has 0 saturated carbocycles. The smallest absolute Gasteiger partial charge is 0.355 e. The lowest BCUT2D eigenvalue weighted by molar-refractivity contribution is -0.190. The Morgan fingerprint density at radius 2 is 2.06 bits per heavy atom. The lowest BCUT2D eigenvalue weighted by Crippen LogP contribution is -2.49. The summed E-state index contributed by atoms with van der Waals surface area (Å²) in [5, 5.41) is 1.07. The zero-order valence-electron chi connectivity index (χ0n) is 20.6. The molecule has 0 saturated heterocycles. The molecule has 2 aliphatic heterocycles. The molecule has 0 spiro atoms. The summed E-state index contributed by atoms with van der Waals surface area (Å²) < 4.78 is 12.9. The molecular weight excluding hydrogens is 478 g/mol. The number of esters is 2. The van der Waals surface area contributed by atoms with Crippen LogP contribution in [-0.2, 0) is 44.2 Å². The summed E-state index contributed by atoms with van der Waals surface area (Å²) >= 11 is 1.57. The number of fused-ring (bicyclic) bond motifs is 5. The second-order valence-corrected chi connectivity index (χ2v) is 10.2. The first-order chi connectivity index (χ1) is 17.4. The molecule has 0 radical (unpaired) electrons. The maximum absolute atomic E-state index is 13.7. The standard InChI is InChI=1S/C27H29N3O5S/c1-4-15-16-8-6-7-9-21(16)29-23-17(15)13-30-22(23)12-19-18(24(30)31)14-34-26(33)27(19,5-2)35-25(32)20(28)10-11-36-3/h6-9,12,20H,4-5,10-11,13-14,28H2,1-3H3/t20-,27?/m0/s1. The van der Waals surface area contributed by atoms with Gasteiger partial charge in [0.15, 0.2) is 0 Å². The van der Waals surface area contributed by atoms with Gasteiger partial charge in [-0.1, -0.05) is 32.0 Å². The predicted octanol–water partition coefficient (Wildman–Crippen LogP) is 3.27. The van der Waals surface area contributed by atoms with Gasteiger partial charge in [-0.2, -0.15) is 11.8 Å². The van der Waals surface area contributed by atoms with Gasteiger partial charge in [-0.05, 0) is 49.0 Å². The van der Waals surface area contributed by atoms with Gasteiger partial charge in [-0.3, -0.25) is 9.59 Å². The fourth-order valence-electron chi connectivity index (χ4n) is 5.28. The van der Waals surface area contributed by atoms with Gasteiger partial charge in [0.25, 0.3) is 5.56 Å². The molecule has 8 nitrogen and oxygen atoms in total.